The second-order valence-electron chi connectivity index (χ2n) is 6.09. The molecule has 2 saturated carbocycles. The average Bonchev–Trinajstić information content (AvgIpc) is 2.47. The average molecular weight is 282 g/mol. The van der Waals surface area contributed by atoms with Gasteiger partial charge in [0, 0.05) is 40.7 Å². The third-order valence-corrected chi connectivity index (χ3v) is 6.11. The molecule has 1 heterocycles. The number of rotatable bonds is 2. The van der Waals surface area contributed by atoms with E-state index >= 15 is 0 Å². The highest BCUT2D eigenvalue weighted by atomic mass is 32.2. The first kappa shape index (κ1) is 13.3. The number of nitrogens with zero attached hydrogens (tertiary/aromatic N) is 1. The van der Waals surface area contributed by atoms with E-state index in [-0.39, 0.29) is 11.0 Å². The molecule has 0 aromatic carbocycles. The van der Waals surface area contributed by atoms with Crippen molar-refractivity contribution in [1.82, 2.24) is 5.32 Å². The van der Waals surface area contributed by atoms with Crippen molar-refractivity contribution < 1.29 is 4.92 Å². The highest BCUT2D eigenvalue weighted by molar-refractivity contribution is 8.02. The second kappa shape index (κ2) is 5.73. The van der Waals surface area contributed by atoms with Crippen LogP contribution >= 0.6 is 11.8 Å². The highest BCUT2D eigenvalue weighted by Crippen LogP contribution is 2.38. The first-order valence-electron chi connectivity index (χ1n) is 7.49. The Bertz CT molecular complexity index is 386. The van der Waals surface area contributed by atoms with Crippen LogP contribution in [0.25, 0.3) is 0 Å². The van der Waals surface area contributed by atoms with E-state index in [1.54, 1.807) is 0 Å². The Morgan fingerprint density at radius 2 is 2.05 bits per heavy atom. The van der Waals surface area contributed by atoms with Gasteiger partial charge in [0.15, 0.2) is 0 Å². The molecule has 2 fully saturated rings. The van der Waals surface area contributed by atoms with Crippen LogP contribution in [0.5, 0.6) is 0 Å². The summed E-state index contributed by atoms with van der Waals surface area (Å²) in [6.07, 6.45) is 8.85. The standard InChI is InChI=1S/C14H22N2O2S/c17-16(18)11-5-3-4-10(8-11)13-9-19-14-7-2-1-6-12(14)15-13/h9-12,14-15H,1-8H2/t10-,11+,12-,14-/m1/s1. The van der Waals surface area contributed by atoms with Crippen molar-refractivity contribution in [2.75, 3.05) is 0 Å². The van der Waals surface area contributed by atoms with E-state index in [4.69, 9.17) is 0 Å². The number of nitrogens with one attached hydrogen (secondary N) is 1. The summed E-state index contributed by atoms with van der Waals surface area (Å²) in [7, 11) is 0. The molecular formula is C14H22N2O2S. The first-order chi connectivity index (χ1) is 9.24. The molecule has 0 spiro atoms. The summed E-state index contributed by atoms with van der Waals surface area (Å²) < 4.78 is 0. The lowest BCUT2D eigenvalue weighted by Crippen LogP contribution is -2.44. The Labute approximate surface area is 118 Å². The molecule has 0 saturated heterocycles. The van der Waals surface area contributed by atoms with Crippen molar-refractivity contribution in [2.24, 2.45) is 5.92 Å². The van der Waals surface area contributed by atoms with Gasteiger partial charge in [-0.3, -0.25) is 10.1 Å². The van der Waals surface area contributed by atoms with Crippen molar-refractivity contribution in [3.63, 3.8) is 0 Å². The van der Waals surface area contributed by atoms with Crippen molar-refractivity contribution in [2.45, 2.75) is 68.7 Å². The van der Waals surface area contributed by atoms with E-state index in [0.29, 0.717) is 12.0 Å². The van der Waals surface area contributed by atoms with Gasteiger partial charge >= 0.3 is 0 Å². The third kappa shape index (κ3) is 2.91. The van der Waals surface area contributed by atoms with E-state index in [1.807, 2.05) is 11.8 Å². The van der Waals surface area contributed by atoms with Gasteiger partial charge in [-0.05, 0) is 31.1 Å². The Balaban J connectivity index is 1.65. The second-order valence-corrected chi connectivity index (χ2v) is 7.20. The molecular weight excluding hydrogens is 260 g/mol. The largest absolute Gasteiger partial charge is 0.384 e. The highest BCUT2D eigenvalue weighted by Gasteiger charge is 2.35. The molecule has 4 nitrogen and oxygen atoms in total. The van der Waals surface area contributed by atoms with Gasteiger partial charge in [-0.2, -0.15) is 0 Å². The van der Waals surface area contributed by atoms with Crippen LogP contribution in [0.2, 0.25) is 0 Å². The molecule has 0 aromatic heterocycles. The fourth-order valence-corrected chi connectivity index (χ4v) is 4.96. The Morgan fingerprint density at radius 1 is 1.21 bits per heavy atom. The number of hydrogen-bond acceptors (Lipinski definition) is 4. The molecule has 3 rings (SSSR count). The minimum absolute atomic E-state index is 0.0773. The third-order valence-electron chi connectivity index (χ3n) is 4.81. The van der Waals surface area contributed by atoms with E-state index in [9.17, 15) is 10.1 Å². The van der Waals surface area contributed by atoms with Gasteiger partial charge in [-0.15, -0.1) is 11.8 Å². The normalized spacial score (nSPS) is 38.8. The molecule has 4 atom stereocenters. The Kier molecular flexibility index (Phi) is 4.01. The van der Waals surface area contributed by atoms with E-state index in [2.05, 4.69) is 10.7 Å². The predicted molar refractivity (Wildman–Crippen MR) is 77.6 cm³/mol. The zero-order valence-electron chi connectivity index (χ0n) is 11.2. The molecule has 0 radical (unpaired) electrons. The fourth-order valence-electron chi connectivity index (χ4n) is 3.69. The summed E-state index contributed by atoms with van der Waals surface area (Å²) in [6.45, 7) is 0. The Hall–Kier alpha value is -0.710. The molecule has 0 aromatic rings. The maximum absolute atomic E-state index is 11.0. The molecule has 5 heteroatoms. The van der Waals surface area contributed by atoms with Crippen LogP contribution in [0.1, 0.15) is 51.4 Å². The van der Waals surface area contributed by atoms with Crippen LogP contribution in [-0.2, 0) is 0 Å². The maximum atomic E-state index is 11.0. The zero-order valence-corrected chi connectivity index (χ0v) is 12.0. The summed E-state index contributed by atoms with van der Waals surface area (Å²) >= 11 is 1.96. The summed E-state index contributed by atoms with van der Waals surface area (Å²) in [5.74, 6) is 0.388. The van der Waals surface area contributed by atoms with Crippen LogP contribution in [-0.4, -0.2) is 22.3 Å². The van der Waals surface area contributed by atoms with Gasteiger partial charge in [-0.25, -0.2) is 0 Å². The molecule has 0 bridgehead atoms. The summed E-state index contributed by atoms with van der Waals surface area (Å²) in [6, 6.07) is 0.283. The van der Waals surface area contributed by atoms with Gasteiger partial charge in [0.1, 0.15) is 0 Å². The molecule has 106 valence electrons. The van der Waals surface area contributed by atoms with Gasteiger partial charge < -0.3 is 5.32 Å². The molecule has 2 aliphatic carbocycles. The zero-order chi connectivity index (χ0) is 13.2. The molecule has 1 aliphatic heterocycles. The monoisotopic (exact) mass is 282 g/mol. The minimum atomic E-state index is -0.324. The van der Waals surface area contributed by atoms with Crippen LogP contribution in [0, 0.1) is 16.0 Å². The summed E-state index contributed by atoms with van der Waals surface area (Å²) in [5.41, 5.74) is 1.29. The molecule has 1 N–H and O–H groups in total. The van der Waals surface area contributed by atoms with Gasteiger partial charge in [0.25, 0.3) is 0 Å². The first-order valence-corrected chi connectivity index (χ1v) is 8.44. The molecule has 0 unspecified atom stereocenters. The number of thioether (sulfide) groups is 1. The predicted octanol–water partition coefficient (Wildman–Crippen LogP) is 3.31. The van der Waals surface area contributed by atoms with Crippen LogP contribution in [0.4, 0.5) is 0 Å². The van der Waals surface area contributed by atoms with Crippen molar-refractivity contribution >= 4 is 11.8 Å². The molecule has 3 aliphatic rings. The lowest BCUT2D eigenvalue weighted by Gasteiger charge is -2.39. The van der Waals surface area contributed by atoms with Crippen LogP contribution < -0.4 is 5.32 Å². The molecule has 19 heavy (non-hydrogen) atoms. The van der Waals surface area contributed by atoms with Crippen LogP contribution in [0.3, 0.4) is 0 Å². The smallest absolute Gasteiger partial charge is 0.213 e. The number of hydrogen-bond donors (Lipinski definition) is 1. The summed E-state index contributed by atoms with van der Waals surface area (Å²) in [4.78, 5) is 10.9. The lowest BCUT2D eigenvalue weighted by molar-refractivity contribution is -0.527. The lowest BCUT2D eigenvalue weighted by atomic mass is 9.83. The topological polar surface area (TPSA) is 55.2 Å². The van der Waals surface area contributed by atoms with Gasteiger partial charge in [0.05, 0.1) is 0 Å². The maximum Gasteiger partial charge on any atom is 0.213 e. The minimum Gasteiger partial charge on any atom is -0.384 e. The van der Waals surface area contributed by atoms with Crippen molar-refractivity contribution in [3.8, 4) is 0 Å². The molecule has 0 amide bonds. The van der Waals surface area contributed by atoms with Gasteiger partial charge in [-0.1, -0.05) is 12.8 Å². The fraction of sp³-hybridized carbons (Fsp3) is 0.857. The number of allylic oxidation sites excluding steroid dienone is 1. The number of fused-ring (bicyclic) bond motifs is 1. The van der Waals surface area contributed by atoms with E-state index < -0.39 is 0 Å². The van der Waals surface area contributed by atoms with Crippen LogP contribution in [0.15, 0.2) is 11.1 Å². The quantitative estimate of drug-likeness (QED) is 0.623. The SMILES string of the molecule is O=[N+]([O-])[C@H]1CCC[C@@H](C2=CS[C@@H]3CCCC[C@H]3N2)C1. The van der Waals surface area contributed by atoms with E-state index in [0.717, 1.165) is 30.9 Å². The summed E-state index contributed by atoms with van der Waals surface area (Å²) in [5, 5.41) is 17.7. The van der Waals surface area contributed by atoms with Crippen molar-refractivity contribution in [3.05, 3.63) is 21.2 Å². The van der Waals surface area contributed by atoms with Crippen molar-refractivity contribution in [1.29, 1.82) is 0 Å². The van der Waals surface area contributed by atoms with Gasteiger partial charge in [0.2, 0.25) is 6.04 Å². The number of nitro groups is 1. The van der Waals surface area contributed by atoms with E-state index in [1.165, 1.54) is 31.4 Å². The Morgan fingerprint density at radius 3 is 2.89 bits per heavy atom.